The molecule has 0 amide bonds. The van der Waals surface area contributed by atoms with Crippen molar-refractivity contribution < 1.29 is 22.4 Å². The van der Waals surface area contributed by atoms with Crippen LogP contribution in [0.1, 0.15) is 5.56 Å². The van der Waals surface area contributed by atoms with E-state index in [0.717, 1.165) is 11.3 Å². The van der Waals surface area contributed by atoms with Crippen molar-refractivity contribution in [3.63, 3.8) is 0 Å². The molecule has 1 nitrogen and oxygen atoms in total. The fraction of sp³-hybridized carbons (Fsp3) is 0. The average molecular weight is 409 g/mol. The van der Waals surface area contributed by atoms with Gasteiger partial charge in [0, 0.05) is 0 Å². The molecule has 0 saturated carbocycles. The van der Waals surface area contributed by atoms with Gasteiger partial charge in [0.1, 0.15) is 0 Å². The van der Waals surface area contributed by atoms with E-state index < -0.39 is 0 Å². The summed E-state index contributed by atoms with van der Waals surface area (Å²) in [5.41, 5.74) is 1.88. The van der Waals surface area contributed by atoms with Crippen molar-refractivity contribution in [2.75, 3.05) is 0 Å². The van der Waals surface area contributed by atoms with Crippen LogP contribution in [0.15, 0.2) is 65.7 Å². The number of nitrogens with zero attached hydrogens (tertiary/aromatic N) is 1. The zero-order valence-electron chi connectivity index (χ0n) is 8.43. The molecular weight excluding hydrogens is 399 g/mol. The standard InChI is InChI=1S/C13H11NS.Au/c15-13(11-7-3-1-4-8-11)14-12-9-5-2-6-10-12;/h1-10H,(H,14,15);/q;+1/p-1. The molecule has 0 atom stereocenters. The van der Waals surface area contributed by atoms with E-state index in [-0.39, 0.29) is 22.4 Å². The summed E-state index contributed by atoms with van der Waals surface area (Å²) in [7, 11) is 0. The Morgan fingerprint density at radius 3 is 1.88 bits per heavy atom. The third kappa shape index (κ3) is 3.58. The fourth-order valence-electron chi connectivity index (χ4n) is 1.27. The Morgan fingerprint density at radius 2 is 1.31 bits per heavy atom. The molecular formula is C13H10AuNS. The maximum atomic E-state index is 5.24. The van der Waals surface area contributed by atoms with Gasteiger partial charge in [0.2, 0.25) is 0 Å². The van der Waals surface area contributed by atoms with Gasteiger partial charge in [0.05, 0.1) is 5.69 Å². The van der Waals surface area contributed by atoms with Crippen LogP contribution in [0.4, 0.5) is 5.69 Å². The van der Waals surface area contributed by atoms with Crippen LogP contribution in [-0.4, -0.2) is 5.04 Å². The zero-order chi connectivity index (χ0) is 10.5. The topological polar surface area (TPSA) is 12.4 Å². The number of benzene rings is 2. The molecule has 0 saturated heterocycles. The minimum atomic E-state index is 0. The second kappa shape index (κ2) is 6.61. The Morgan fingerprint density at radius 1 is 0.812 bits per heavy atom. The summed E-state index contributed by atoms with van der Waals surface area (Å²) in [6, 6.07) is 19.6. The third-order valence-corrected chi connectivity index (χ3v) is 2.33. The van der Waals surface area contributed by atoms with Crippen LogP contribution in [-0.2, 0) is 35.0 Å². The molecule has 0 fully saturated rings. The number of aliphatic imine (C=N–C) groups is 1. The van der Waals surface area contributed by atoms with E-state index in [9.17, 15) is 0 Å². The first kappa shape index (κ1) is 13.1. The van der Waals surface area contributed by atoms with Crippen LogP contribution in [0.25, 0.3) is 0 Å². The van der Waals surface area contributed by atoms with Crippen molar-refractivity contribution in [1.29, 1.82) is 0 Å². The van der Waals surface area contributed by atoms with E-state index in [1.54, 1.807) is 0 Å². The SMILES string of the molecule is [Au+].[S-]C(=Nc1ccccc1)c1ccccc1. The smallest absolute Gasteiger partial charge is 0.760 e. The van der Waals surface area contributed by atoms with Gasteiger partial charge in [-0.1, -0.05) is 53.6 Å². The summed E-state index contributed by atoms with van der Waals surface area (Å²) in [5.74, 6) is 0. The fourth-order valence-corrected chi connectivity index (χ4v) is 1.51. The first-order chi connectivity index (χ1) is 7.36. The van der Waals surface area contributed by atoms with Crippen LogP contribution >= 0.6 is 0 Å². The average Bonchev–Trinajstić information content (AvgIpc) is 2.31. The zero-order valence-corrected chi connectivity index (χ0v) is 11.4. The summed E-state index contributed by atoms with van der Waals surface area (Å²) in [6.07, 6.45) is 0. The van der Waals surface area contributed by atoms with Gasteiger partial charge in [0.15, 0.2) is 0 Å². The molecule has 0 aromatic heterocycles. The molecule has 0 heterocycles. The summed E-state index contributed by atoms with van der Waals surface area (Å²) in [4.78, 5) is 4.36. The Hall–Kier alpha value is -0.930. The first-order valence-electron chi connectivity index (χ1n) is 4.72. The van der Waals surface area contributed by atoms with E-state index in [1.165, 1.54) is 0 Å². The first-order valence-corrected chi connectivity index (χ1v) is 5.13. The summed E-state index contributed by atoms with van der Waals surface area (Å²) < 4.78 is 0. The van der Waals surface area contributed by atoms with Gasteiger partial charge < -0.3 is 12.6 Å². The van der Waals surface area contributed by atoms with Crippen LogP contribution in [0.3, 0.4) is 0 Å². The second-order valence-electron chi connectivity index (χ2n) is 3.12. The largest absolute Gasteiger partial charge is 1.00 e. The monoisotopic (exact) mass is 409 g/mol. The van der Waals surface area contributed by atoms with Crippen LogP contribution in [0.5, 0.6) is 0 Å². The summed E-state index contributed by atoms with van der Waals surface area (Å²) in [5, 5.41) is 0.627. The molecule has 84 valence electrons. The summed E-state index contributed by atoms with van der Waals surface area (Å²) in [6.45, 7) is 0. The normalized spacial score (nSPS) is 10.6. The molecule has 2 rings (SSSR count). The molecule has 2 aromatic rings. The van der Waals surface area contributed by atoms with Crippen molar-refractivity contribution >= 4 is 23.4 Å². The van der Waals surface area contributed by atoms with E-state index in [1.807, 2.05) is 60.7 Å². The van der Waals surface area contributed by atoms with Gasteiger partial charge in [-0.25, -0.2) is 0 Å². The molecule has 0 bridgehead atoms. The van der Waals surface area contributed by atoms with Gasteiger partial charge in [-0.3, -0.25) is 4.99 Å². The maximum Gasteiger partial charge on any atom is 1.00 e. The van der Waals surface area contributed by atoms with E-state index >= 15 is 0 Å². The molecule has 16 heavy (non-hydrogen) atoms. The molecule has 0 spiro atoms. The van der Waals surface area contributed by atoms with Gasteiger partial charge >= 0.3 is 22.4 Å². The van der Waals surface area contributed by atoms with Crippen molar-refractivity contribution in [2.45, 2.75) is 0 Å². The second-order valence-corrected chi connectivity index (χ2v) is 3.51. The predicted molar refractivity (Wildman–Crippen MR) is 66.4 cm³/mol. The minimum Gasteiger partial charge on any atom is -0.760 e. The predicted octanol–water partition coefficient (Wildman–Crippen LogP) is 3.31. The molecule has 0 aliphatic rings. The van der Waals surface area contributed by atoms with Crippen molar-refractivity contribution in [1.82, 2.24) is 0 Å². The van der Waals surface area contributed by atoms with Crippen molar-refractivity contribution in [3.05, 3.63) is 66.2 Å². The van der Waals surface area contributed by atoms with Crippen LogP contribution in [0, 0.1) is 0 Å². The summed E-state index contributed by atoms with van der Waals surface area (Å²) >= 11 is 5.24. The Kier molecular flexibility index (Phi) is 5.43. The molecule has 0 aliphatic carbocycles. The van der Waals surface area contributed by atoms with Crippen molar-refractivity contribution in [2.24, 2.45) is 4.99 Å². The van der Waals surface area contributed by atoms with E-state index in [4.69, 9.17) is 12.6 Å². The number of hydrogen-bond acceptors (Lipinski definition) is 2. The Labute approximate surface area is 117 Å². The molecule has 0 radical (unpaired) electrons. The molecule has 3 heteroatoms. The quantitative estimate of drug-likeness (QED) is 0.321. The van der Waals surface area contributed by atoms with Gasteiger partial charge in [-0.15, -0.1) is 0 Å². The van der Waals surface area contributed by atoms with Crippen LogP contribution in [0.2, 0.25) is 0 Å². The molecule has 0 N–H and O–H groups in total. The van der Waals surface area contributed by atoms with Gasteiger partial charge in [-0.05, 0) is 17.7 Å². The molecule has 2 aromatic carbocycles. The minimum absolute atomic E-state index is 0. The number of para-hydroxylation sites is 1. The van der Waals surface area contributed by atoms with Gasteiger partial charge in [-0.2, -0.15) is 0 Å². The Bertz CT molecular complexity index is 454. The number of rotatable bonds is 2. The third-order valence-electron chi connectivity index (χ3n) is 2.01. The van der Waals surface area contributed by atoms with E-state index in [0.29, 0.717) is 5.04 Å². The molecule has 0 unspecified atom stereocenters. The van der Waals surface area contributed by atoms with Crippen LogP contribution < -0.4 is 0 Å². The van der Waals surface area contributed by atoms with Crippen molar-refractivity contribution in [3.8, 4) is 0 Å². The van der Waals surface area contributed by atoms with Gasteiger partial charge in [0.25, 0.3) is 0 Å². The van der Waals surface area contributed by atoms with E-state index in [2.05, 4.69) is 4.99 Å². The molecule has 0 aliphatic heterocycles. The number of hydrogen-bond donors (Lipinski definition) is 0. The maximum absolute atomic E-state index is 5.24. The Balaban J connectivity index is 0.00000128.